The van der Waals surface area contributed by atoms with E-state index < -0.39 is 0 Å². The van der Waals surface area contributed by atoms with Crippen LogP contribution < -0.4 is 5.43 Å². The Hall–Kier alpha value is -2.71. The number of hydrazone groups is 1. The molecule has 1 aliphatic carbocycles. The highest BCUT2D eigenvalue weighted by atomic mass is 35.5. The Bertz CT molecular complexity index is 1100. The van der Waals surface area contributed by atoms with Gasteiger partial charge in [0.2, 0.25) is 0 Å². The fraction of sp³-hybridized carbons (Fsp3) is 0.304. The van der Waals surface area contributed by atoms with Crippen LogP contribution in [0.25, 0.3) is 11.4 Å². The molecule has 0 bridgehead atoms. The lowest BCUT2D eigenvalue weighted by molar-refractivity contribution is -0.118. The topological polar surface area (TPSA) is 72.2 Å². The van der Waals surface area contributed by atoms with Crippen LogP contribution in [0, 0.1) is 5.82 Å². The number of carbonyl (C=O) groups is 1. The van der Waals surface area contributed by atoms with E-state index in [1.165, 1.54) is 49.4 Å². The van der Waals surface area contributed by atoms with Gasteiger partial charge in [0.15, 0.2) is 11.0 Å². The third-order valence-electron chi connectivity index (χ3n) is 5.29. The van der Waals surface area contributed by atoms with Crippen molar-refractivity contribution in [2.24, 2.45) is 5.10 Å². The van der Waals surface area contributed by atoms with Crippen LogP contribution in [0.4, 0.5) is 4.39 Å². The SMILES string of the molecule is O=C(CSc1nnc(-c2ccc(Cl)cc2)n1C1CCCCC1)N/N=C/c1cccc(F)c1. The van der Waals surface area contributed by atoms with E-state index in [1.54, 1.807) is 12.1 Å². The van der Waals surface area contributed by atoms with Gasteiger partial charge in [-0.25, -0.2) is 9.82 Å². The van der Waals surface area contributed by atoms with Crippen LogP contribution in [0.5, 0.6) is 0 Å². The number of nitrogens with zero attached hydrogens (tertiary/aromatic N) is 4. The number of halogens is 2. The minimum Gasteiger partial charge on any atom is -0.299 e. The molecule has 1 heterocycles. The quantitative estimate of drug-likeness (QED) is 0.281. The molecule has 0 spiro atoms. The van der Waals surface area contributed by atoms with Gasteiger partial charge in [-0.15, -0.1) is 10.2 Å². The number of benzene rings is 2. The normalized spacial score (nSPS) is 14.7. The molecule has 1 saturated carbocycles. The smallest absolute Gasteiger partial charge is 0.250 e. The zero-order chi connectivity index (χ0) is 22.3. The first-order valence-corrected chi connectivity index (χ1v) is 11.9. The zero-order valence-corrected chi connectivity index (χ0v) is 18.9. The third kappa shape index (κ3) is 5.75. The van der Waals surface area contributed by atoms with Gasteiger partial charge in [-0.3, -0.25) is 9.36 Å². The molecule has 0 radical (unpaired) electrons. The number of nitrogens with one attached hydrogen (secondary N) is 1. The molecule has 32 heavy (non-hydrogen) atoms. The third-order valence-corrected chi connectivity index (χ3v) is 6.49. The molecule has 0 atom stereocenters. The number of amides is 1. The van der Waals surface area contributed by atoms with Crippen molar-refractivity contribution in [2.45, 2.75) is 43.3 Å². The van der Waals surface area contributed by atoms with E-state index in [9.17, 15) is 9.18 Å². The average molecular weight is 472 g/mol. The highest BCUT2D eigenvalue weighted by Crippen LogP contribution is 2.35. The second kappa shape index (κ2) is 10.7. The Labute approximate surface area is 195 Å². The van der Waals surface area contributed by atoms with Crippen LogP contribution in [0.2, 0.25) is 5.02 Å². The predicted octanol–water partition coefficient (Wildman–Crippen LogP) is 5.49. The molecule has 0 saturated heterocycles. The van der Waals surface area contributed by atoms with E-state index in [0.717, 1.165) is 24.2 Å². The van der Waals surface area contributed by atoms with Gasteiger partial charge >= 0.3 is 0 Å². The number of aromatic nitrogens is 3. The second-order valence-electron chi connectivity index (χ2n) is 7.61. The summed E-state index contributed by atoms with van der Waals surface area (Å²) in [6, 6.07) is 13.9. The summed E-state index contributed by atoms with van der Waals surface area (Å²) in [6.45, 7) is 0. The lowest BCUT2D eigenvalue weighted by atomic mass is 9.95. The molecule has 6 nitrogen and oxygen atoms in total. The van der Waals surface area contributed by atoms with E-state index in [-0.39, 0.29) is 17.5 Å². The Morgan fingerprint density at radius 1 is 1.19 bits per heavy atom. The molecule has 2 aromatic carbocycles. The first kappa shape index (κ1) is 22.5. The van der Waals surface area contributed by atoms with Crippen molar-refractivity contribution in [3.05, 3.63) is 64.9 Å². The highest BCUT2D eigenvalue weighted by Gasteiger charge is 2.24. The molecule has 3 aromatic rings. The van der Waals surface area contributed by atoms with Gasteiger partial charge in [-0.05, 0) is 54.8 Å². The molecule has 0 unspecified atom stereocenters. The van der Waals surface area contributed by atoms with Crippen molar-refractivity contribution in [3.63, 3.8) is 0 Å². The first-order valence-electron chi connectivity index (χ1n) is 10.5. The van der Waals surface area contributed by atoms with E-state index in [2.05, 4.69) is 25.3 Å². The second-order valence-corrected chi connectivity index (χ2v) is 8.99. The van der Waals surface area contributed by atoms with Crippen molar-refractivity contribution in [1.29, 1.82) is 0 Å². The van der Waals surface area contributed by atoms with Crippen molar-refractivity contribution in [2.75, 3.05) is 5.75 Å². The molecular weight excluding hydrogens is 449 g/mol. The van der Waals surface area contributed by atoms with Crippen molar-refractivity contribution >= 4 is 35.5 Å². The maximum Gasteiger partial charge on any atom is 0.250 e. The number of hydrogen-bond acceptors (Lipinski definition) is 5. The Morgan fingerprint density at radius 3 is 2.72 bits per heavy atom. The van der Waals surface area contributed by atoms with Gasteiger partial charge in [0.05, 0.1) is 12.0 Å². The average Bonchev–Trinajstić information content (AvgIpc) is 3.23. The van der Waals surface area contributed by atoms with Gasteiger partial charge in [0.25, 0.3) is 5.91 Å². The van der Waals surface area contributed by atoms with Crippen LogP contribution in [0.3, 0.4) is 0 Å². The molecule has 1 N–H and O–H groups in total. The van der Waals surface area contributed by atoms with Crippen LogP contribution >= 0.6 is 23.4 Å². The molecule has 4 rings (SSSR count). The molecule has 1 fully saturated rings. The monoisotopic (exact) mass is 471 g/mol. The van der Waals surface area contributed by atoms with Crippen LogP contribution in [-0.2, 0) is 4.79 Å². The number of hydrogen-bond donors (Lipinski definition) is 1. The minimum absolute atomic E-state index is 0.145. The zero-order valence-electron chi connectivity index (χ0n) is 17.4. The minimum atomic E-state index is -0.352. The summed E-state index contributed by atoms with van der Waals surface area (Å²) >= 11 is 7.38. The maximum absolute atomic E-state index is 13.2. The molecular formula is C23H23ClFN5OS. The number of rotatable bonds is 7. The Kier molecular flexibility index (Phi) is 7.55. The summed E-state index contributed by atoms with van der Waals surface area (Å²) in [6.07, 6.45) is 7.12. The van der Waals surface area contributed by atoms with Crippen molar-refractivity contribution < 1.29 is 9.18 Å². The summed E-state index contributed by atoms with van der Waals surface area (Å²) in [7, 11) is 0. The Morgan fingerprint density at radius 2 is 1.97 bits per heavy atom. The van der Waals surface area contributed by atoms with Crippen molar-refractivity contribution in [3.8, 4) is 11.4 Å². The maximum atomic E-state index is 13.2. The summed E-state index contributed by atoms with van der Waals surface area (Å²) in [5.74, 6) is 0.315. The first-order chi connectivity index (χ1) is 15.6. The molecule has 1 amide bonds. The predicted molar refractivity (Wildman–Crippen MR) is 125 cm³/mol. The number of carbonyl (C=O) groups excluding carboxylic acids is 1. The van der Waals surface area contributed by atoms with E-state index >= 15 is 0 Å². The van der Waals surface area contributed by atoms with Crippen LogP contribution in [0.15, 0.2) is 58.8 Å². The van der Waals surface area contributed by atoms with Gasteiger partial charge in [-0.1, -0.05) is 54.8 Å². The van der Waals surface area contributed by atoms with Gasteiger partial charge < -0.3 is 0 Å². The fourth-order valence-electron chi connectivity index (χ4n) is 3.77. The van der Waals surface area contributed by atoms with E-state index in [1.807, 2.05) is 24.3 Å². The van der Waals surface area contributed by atoms with Crippen LogP contribution in [-0.4, -0.2) is 32.6 Å². The lowest BCUT2D eigenvalue weighted by Crippen LogP contribution is -2.20. The van der Waals surface area contributed by atoms with Crippen molar-refractivity contribution in [1.82, 2.24) is 20.2 Å². The summed E-state index contributed by atoms with van der Waals surface area (Å²) in [4.78, 5) is 12.3. The van der Waals surface area contributed by atoms with Gasteiger partial charge in [0.1, 0.15) is 5.82 Å². The molecule has 0 aliphatic heterocycles. The summed E-state index contributed by atoms with van der Waals surface area (Å²) in [5.41, 5.74) is 4.00. The van der Waals surface area contributed by atoms with Gasteiger partial charge in [-0.2, -0.15) is 5.10 Å². The molecule has 9 heteroatoms. The van der Waals surface area contributed by atoms with E-state index in [0.29, 0.717) is 21.8 Å². The number of thioether (sulfide) groups is 1. The largest absolute Gasteiger partial charge is 0.299 e. The van der Waals surface area contributed by atoms with Crippen LogP contribution in [0.1, 0.15) is 43.7 Å². The Balaban J connectivity index is 1.45. The standard InChI is InChI=1S/C23H23ClFN5OS/c24-18-11-9-17(10-12-18)22-28-29-23(30(22)20-7-2-1-3-8-20)32-15-21(31)27-26-14-16-5-4-6-19(25)13-16/h4-6,9-14,20H,1-3,7-8,15H2,(H,27,31)/b26-14+. The highest BCUT2D eigenvalue weighted by molar-refractivity contribution is 7.99. The lowest BCUT2D eigenvalue weighted by Gasteiger charge is -2.25. The summed E-state index contributed by atoms with van der Waals surface area (Å²) in [5, 5.41) is 14.1. The molecule has 1 aliphatic rings. The summed E-state index contributed by atoms with van der Waals surface area (Å²) < 4.78 is 15.4. The van der Waals surface area contributed by atoms with E-state index in [4.69, 9.17) is 11.6 Å². The van der Waals surface area contributed by atoms with Gasteiger partial charge in [0, 0.05) is 16.6 Å². The molecule has 1 aromatic heterocycles. The molecule has 166 valence electrons. The fourth-order valence-corrected chi connectivity index (χ4v) is 4.69.